The molecule has 26 heavy (non-hydrogen) atoms. The molecule has 0 amide bonds. The average Bonchev–Trinajstić information content (AvgIpc) is 3.07. The number of nitrogens with one attached hydrogen (secondary N) is 1. The molecular weight excluding hydrogens is 346 g/mol. The smallest absolute Gasteiger partial charge is 0.282 e. The van der Waals surface area contributed by atoms with E-state index in [9.17, 15) is 0 Å². The summed E-state index contributed by atoms with van der Waals surface area (Å²) < 4.78 is 5.19. The monoisotopic (exact) mass is 365 g/mol. The zero-order valence-electron chi connectivity index (χ0n) is 14.3. The molecule has 0 aliphatic carbocycles. The highest BCUT2D eigenvalue weighted by molar-refractivity contribution is 6.36. The van der Waals surface area contributed by atoms with Crippen LogP contribution < -0.4 is 11.1 Å². The number of aliphatic imine (C=N–C) groups is 1. The maximum absolute atomic E-state index is 6.40. The highest BCUT2D eigenvalue weighted by atomic mass is 35.5. The van der Waals surface area contributed by atoms with Gasteiger partial charge in [0.25, 0.3) is 6.02 Å². The van der Waals surface area contributed by atoms with Crippen molar-refractivity contribution in [3.63, 3.8) is 0 Å². The standard InChI is InChI=1S/C21H20ClN3O/c22-18-5-1-3-15-4-2-6-19(20(15)18)24-16-10-7-14(8-11-16)9-12-17-13-26-21(23)25-17/h1-8,10-11,17,24H,9,12-13H2,(H2,23,25)/t17-/m0/s1. The molecule has 0 radical (unpaired) electrons. The van der Waals surface area contributed by atoms with Crippen molar-refractivity contribution in [3.8, 4) is 0 Å². The summed E-state index contributed by atoms with van der Waals surface area (Å²) in [6.07, 6.45) is 1.89. The fourth-order valence-corrected chi connectivity index (χ4v) is 3.51. The lowest BCUT2D eigenvalue weighted by molar-refractivity contribution is 0.308. The normalized spacial score (nSPS) is 16.3. The largest absolute Gasteiger partial charge is 0.463 e. The molecule has 4 nitrogen and oxygen atoms in total. The number of rotatable bonds is 5. The van der Waals surface area contributed by atoms with E-state index >= 15 is 0 Å². The van der Waals surface area contributed by atoms with Crippen LogP contribution in [0.2, 0.25) is 5.02 Å². The molecule has 1 atom stereocenters. The second-order valence-corrected chi connectivity index (χ2v) is 6.84. The highest BCUT2D eigenvalue weighted by Gasteiger charge is 2.16. The molecular formula is C21H20ClN3O. The molecule has 1 aliphatic rings. The molecule has 0 fully saturated rings. The number of hydrogen-bond acceptors (Lipinski definition) is 4. The topological polar surface area (TPSA) is 59.6 Å². The lowest BCUT2D eigenvalue weighted by Crippen LogP contribution is -2.10. The predicted octanol–water partition coefficient (Wildman–Crippen LogP) is 4.88. The number of ether oxygens (including phenoxy) is 1. The van der Waals surface area contributed by atoms with Gasteiger partial charge in [-0.2, -0.15) is 0 Å². The van der Waals surface area contributed by atoms with E-state index in [0.717, 1.165) is 40.0 Å². The molecule has 132 valence electrons. The maximum atomic E-state index is 6.40. The lowest BCUT2D eigenvalue weighted by atomic mass is 10.1. The Balaban J connectivity index is 1.46. The minimum atomic E-state index is 0.172. The van der Waals surface area contributed by atoms with Crippen LogP contribution >= 0.6 is 11.6 Å². The molecule has 1 heterocycles. The van der Waals surface area contributed by atoms with Crippen LogP contribution in [0.1, 0.15) is 12.0 Å². The van der Waals surface area contributed by atoms with E-state index in [2.05, 4.69) is 46.7 Å². The number of benzene rings is 3. The van der Waals surface area contributed by atoms with Gasteiger partial charge in [0.2, 0.25) is 0 Å². The van der Waals surface area contributed by atoms with Gasteiger partial charge in [0, 0.05) is 16.8 Å². The fraction of sp³-hybridized carbons (Fsp3) is 0.190. The Morgan fingerprint density at radius 1 is 1.08 bits per heavy atom. The molecule has 0 unspecified atom stereocenters. The number of anilines is 2. The number of hydrogen-bond donors (Lipinski definition) is 2. The van der Waals surface area contributed by atoms with E-state index in [0.29, 0.717) is 12.6 Å². The quantitative estimate of drug-likeness (QED) is 0.677. The van der Waals surface area contributed by atoms with Crippen molar-refractivity contribution in [1.82, 2.24) is 0 Å². The van der Waals surface area contributed by atoms with Gasteiger partial charge in [0.15, 0.2) is 0 Å². The van der Waals surface area contributed by atoms with Crippen molar-refractivity contribution >= 4 is 39.8 Å². The first-order chi connectivity index (χ1) is 12.7. The number of halogens is 1. The van der Waals surface area contributed by atoms with Gasteiger partial charge < -0.3 is 15.8 Å². The van der Waals surface area contributed by atoms with Crippen LogP contribution in [0.5, 0.6) is 0 Å². The van der Waals surface area contributed by atoms with Gasteiger partial charge in [-0.3, -0.25) is 0 Å². The van der Waals surface area contributed by atoms with Gasteiger partial charge in [-0.1, -0.05) is 48.0 Å². The van der Waals surface area contributed by atoms with E-state index in [1.807, 2.05) is 24.3 Å². The molecule has 3 aromatic carbocycles. The first kappa shape index (κ1) is 16.7. The van der Waals surface area contributed by atoms with E-state index in [4.69, 9.17) is 22.1 Å². The molecule has 3 N–H and O–H groups in total. The first-order valence-corrected chi connectivity index (χ1v) is 9.06. The minimum Gasteiger partial charge on any atom is -0.463 e. The van der Waals surface area contributed by atoms with Gasteiger partial charge >= 0.3 is 0 Å². The summed E-state index contributed by atoms with van der Waals surface area (Å²) >= 11 is 6.40. The molecule has 0 aromatic heterocycles. The van der Waals surface area contributed by atoms with Gasteiger partial charge in [-0.15, -0.1) is 0 Å². The summed E-state index contributed by atoms with van der Waals surface area (Å²) in [4.78, 5) is 4.26. The molecule has 0 spiro atoms. The summed E-state index contributed by atoms with van der Waals surface area (Å²) in [5.41, 5.74) is 8.86. The van der Waals surface area contributed by atoms with Crippen molar-refractivity contribution in [2.75, 3.05) is 11.9 Å². The van der Waals surface area contributed by atoms with E-state index < -0.39 is 0 Å². The van der Waals surface area contributed by atoms with Gasteiger partial charge in [0.05, 0.1) is 11.1 Å². The molecule has 0 bridgehead atoms. The summed E-state index contributed by atoms with van der Waals surface area (Å²) in [7, 11) is 0. The lowest BCUT2D eigenvalue weighted by Gasteiger charge is -2.12. The fourth-order valence-electron chi connectivity index (χ4n) is 3.23. The summed E-state index contributed by atoms with van der Waals surface area (Å²) in [5, 5.41) is 6.39. The van der Waals surface area contributed by atoms with Crippen molar-refractivity contribution in [1.29, 1.82) is 0 Å². The first-order valence-electron chi connectivity index (χ1n) is 8.68. The molecule has 1 aliphatic heterocycles. The highest BCUT2D eigenvalue weighted by Crippen LogP contribution is 2.32. The van der Waals surface area contributed by atoms with E-state index in [1.54, 1.807) is 0 Å². The van der Waals surface area contributed by atoms with Crippen LogP contribution in [0.3, 0.4) is 0 Å². The number of fused-ring (bicyclic) bond motifs is 1. The number of aryl methyl sites for hydroxylation is 1. The predicted molar refractivity (Wildman–Crippen MR) is 108 cm³/mol. The zero-order chi connectivity index (χ0) is 17.9. The van der Waals surface area contributed by atoms with Crippen LogP contribution in [-0.4, -0.2) is 18.7 Å². The van der Waals surface area contributed by atoms with Crippen molar-refractivity contribution < 1.29 is 4.74 Å². The van der Waals surface area contributed by atoms with Crippen LogP contribution in [0.4, 0.5) is 11.4 Å². The van der Waals surface area contributed by atoms with E-state index in [1.165, 1.54) is 5.56 Å². The SMILES string of the molecule is NC1=N[C@@H](CCc2ccc(Nc3cccc4cccc(Cl)c34)cc2)CO1. The van der Waals surface area contributed by atoms with Gasteiger partial charge in [-0.05, 0) is 48.1 Å². The van der Waals surface area contributed by atoms with Crippen LogP contribution in [0.15, 0.2) is 65.7 Å². The van der Waals surface area contributed by atoms with Gasteiger partial charge in [-0.25, -0.2) is 4.99 Å². The average molecular weight is 366 g/mol. The van der Waals surface area contributed by atoms with Gasteiger partial charge in [0.1, 0.15) is 6.61 Å². The third-order valence-electron chi connectivity index (χ3n) is 4.59. The van der Waals surface area contributed by atoms with Crippen molar-refractivity contribution in [2.45, 2.75) is 18.9 Å². The second kappa shape index (κ2) is 7.26. The Morgan fingerprint density at radius 2 is 1.85 bits per heavy atom. The molecule has 0 saturated heterocycles. The van der Waals surface area contributed by atoms with Crippen LogP contribution in [0, 0.1) is 0 Å². The Bertz CT molecular complexity index is 948. The van der Waals surface area contributed by atoms with Crippen molar-refractivity contribution in [2.24, 2.45) is 10.7 Å². The number of nitrogens with zero attached hydrogens (tertiary/aromatic N) is 1. The van der Waals surface area contributed by atoms with E-state index in [-0.39, 0.29) is 6.04 Å². The third kappa shape index (κ3) is 3.60. The Hall–Kier alpha value is -2.72. The Kier molecular flexibility index (Phi) is 4.67. The Labute approximate surface area is 157 Å². The maximum Gasteiger partial charge on any atom is 0.282 e. The zero-order valence-corrected chi connectivity index (χ0v) is 15.0. The minimum absolute atomic E-state index is 0.172. The molecule has 5 heteroatoms. The summed E-state index contributed by atoms with van der Waals surface area (Å²) in [5.74, 6) is 0. The van der Waals surface area contributed by atoms with Crippen LogP contribution in [-0.2, 0) is 11.2 Å². The second-order valence-electron chi connectivity index (χ2n) is 6.44. The molecule has 0 saturated carbocycles. The summed E-state index contributed by atoms with van der Waals surface area (Å²) in [6.45, 7) is 0.591. The van der Waals surface area contributed by atoms with Crippen molar-refractivity contribution in [3.05, 3.63) is 71.2 Å². The molecule has 4 rings (SSSR count). The Morgan fingerprint density at radius 3 is 2.58 bits per heavy atom. The third-order valence-corrected chi connectivity index (χ3v) is 4.90. The number of nitrogens with two attached hydrogens (primary N) is 1. The van der Waals surface area contributed by atoms with Crippen LogP contribution in [0.25, 0.3) is 10.8 Å². The summed E-state index contributed by atoms with van der Waals surface area (Å²) in [6, 6.07) is 21.0. The molecule has 3 aromatic rings. The number of amidine groups is 1.